The maximum absolute atomic E-state index is 6.04. The molecule has 0 unspecified atom stereocenters. The van der Waals surface area contributed by atoms with Gasteiger partial charge in [0.05, 0.1) is 29.7 Å². The van der Waals surface area contributed by atoms with E-state index in [0.29, 0.717) is 6.61 Å². The number of pyridine rings is 3. The van der Waals surface area contributed by atoms with Gasteiger partial charge in [0.1, 0.15) is 11.9 Å². The third-order valence-corrected chi connectivity index (χ3v) is 5.56. The first kappa shape index (κ1) is 19.6. The SMILES string of the molecule is Cc1cccc(Nc2ccc([C@H]3CN(Cc4cccc5ncccc45)CCO3)nc2)n1. The van der Waals surface area contributed by atoms with E-state index in [2.05, 4.69) is 49.4 Å². The summed E-state index contributed by atoms with van der Waals surface area (Å²) in [5.74, 6) is 0.819. The van der Waals surface area contributed by atoms with E-state index in [4.69, 9.17) is 4.74 Å². The van der Waals surface area contributed by atoms with Crippen LogP contribution < -0.4 is 5.32 Å². The molecule has 6 heteroatoms. The van der Waals surface area contributed by atoms with Crippen LogP contribution in [0.5, 0.6) is 0 Å². The molecule has 0 spiro atoms. The Balaban J connectivity index is 1.27. The van der Waals surface area contributed by atoms with Gasteiger partial charge >= 0.3 is 0 Å². The van der Waals surface area contributed by atoms with Gasteiger partial charge in [-0.25, -0.2) is 4.98 Å². The molecule has 0 bridgehead atoms. The number of aryl methyl sites for hydroxylation is 1. The summed E-state index contributed by atoms with van der Waals surface area (Å²) < 4.78 is 6.04. The second kappa shape index (κ2) is 8.79. The van der Waals surface area contributed by atoms with Crippen LogP contribution in [0.4, 0.5) is 11.5 Å². The third kappa shape index (κ3) is 4.55. The predicted molar refractivity (Wildman–Crippen MR) is 122 cm³/mol. The summed E-state index contributed by atoms with van der Waals surface area (Å²) in [7, 11) is 0. The van der Waals surface area contributed by atoms with E-state index < -0.39 is 0 Å². The minimum absolute atomic E-state index is 0.0343. The van der Waals surface area contributed by atoms with Crippen molar-refractivity contribution >= 4 is 22.4 Å². The van der Waals surface area contributed by atoms with Crippen molar-refractivity contribution in [3.8, 4) is 0 Å². The number of hydrogen-bond acceptors (Lipinski definition) is 6. The molecule has 1 fully saturated rings. The normalized spacial score (nSPS) is 17.0. The number of rotatable bonds is 5. The highest BCUT2D eigenvalue weighted by Crippen LogP contribution is 2.25. The predicted octanol–water partition coefficient (Wildman–Crippen LogP) is 4.65. The molecule has 156 valence electrons. The summed E-state index contributed by atoms with van der Waals surface area (Å²) >= 11 is 0. The zero-order valence-electron chi connectivity index (χ0n) is 17.5. The number of fused-ring (bicyclic) bond motifs is 1. The van der Waals surface area contributed by atoms with Crippen LogP contribution in [0.2, 0.25) is 0 Å². The molecule has 31 heavy (non-hydrogen) atoms. The number of hydrogen-bond donors (Lipinski definition) is 1. The summed E-state index contributed by atoms with van der Waals surface area (Å²) in [4.78, 5) is 16.0. The summed E-state index contributed by atoms with van der Waals surface area (Å²) in [6.45, 7) is 5.28. The van der Waals surface area contributed by atoms with Gasteiger partial charge in [-0.2, -0.15) is 0 Å². The summed E-state index contributed by atoms with van der Waals surface area (Å²) in [6, 6.07) is 20.5. The Kier molecular flexibility index (Phi) is 5.56. The first-order chi connectivity index (χ1) is 15.2. The molecule has 1 aromatic carbocycles. The van der Waals surface area contributed by atoms with Gasteiger partial charge in [-0.3, -0.25) is 14.9 Å². The number of nitrogens with one attached hydrogen (secondary N) is 1. The maximum atomic E-state index is 6.04. The van der Waals surface area contributed by atoms with Crippen molar-refractivity contribution in [3.63, 3.8) is 0 Å². The van der Waals surface area contributed by atoms with Crippen LogP contribution in [-0.2, 0) is 11.3 Å². The molecule has 1 atom stereocenters. The van der Waals surface area contributed by atoms with Crippen molar-refractivity contribution in [3.05, 3.63) is 90.0 Å². The quantitative estimate of drug-likeness (QED) is 0.516. The lowest BCUT2D eigenvalue weighted by molar-refractivity contribution is -0.0348. The molecule has 1 aliphatic rings. The van der Waals surface area contributed by atoms with Gasteiger partial charge < -0.3 is 10.1 Å². The van der Waals surface area contributed by atoms with Crippen molar-refractivity contribution < 1.29 is 4.74 Å². The molecule has 6 nitrogen and oxygen atoms in total. The zero-order chi connectivity index (χ0) is 21.0. The van der Waals surface area contributed by atoms with Gasteiger partial charge in [0, 0.05) is 36.9 Å². The van der Waals surface area contributed by atoms with Crippen molar-refractivity contribution in [2.75, 3.05) is 25.0 Å². The number of ether oxygens (including phenoxy) is 1. The first-order valence-electron chi connectivity index (χ1n) is 10.6. The molecule has 4 aromatic rings. The molecule has 1 saturated heterocycles. The Morgan fingerprint density at radius 3 is 2.84 bits per heavy atom. The molecular weight excluding hydrogens is 386 g/mol. The topological polar surface area (TPSA) is 63.2 Å². The van der Waals surface area contributed by atoms with E-state index in [1.54, 1.807) is 0 Å². The number of aromatic nitrogens is 3. The summed E-state index contributed by atoms with van der Waals surface area (Å²) in [5, 5.41) is 4.52. The second-order valence-corrected chi connectivity index (χ2v) is 7.84. The van der Waals surface area contributed by atoms with E-state index >= 15 is 0 Å². The van der Waals surface area contributed by atoms with Gasteiger partial charge in [0.25, 0.3) is 0 Å². The maximum Gasteiger partial charge on any atom is 0.130 e. The number of nitrogens with zero attached hydrogens (tertiary/aromatic N) is 4. The zero-order valence-corrected chi connectivity index (χ0v) is 17.5. The van der Waals surface area contributed by atoms with Crippen LogP contribution in [0.1, 0.15) is 23.1 Å². The molecule has 0 amide bonds. The fraction of sp³-hybridized carbons (Fsp3) is 0.240. The van der Waals surface area contributed by atoms with Crippen LogP contribution in [-0.4, -0.2) is 39.5 Å². The Morgan fingerprint density at radius 1 is 1.03 bits per heavy atom. The molecule has 4 heterocycles. The fourth-order valence-electron chi connectivity index (χ4n) is 4.00. The molecule has 0 aliphatic carbocycles. The highest BCUT2D eigenvalue weighted by Gasteiger charge is 2.23. The highest BCUT2D eigenvalue weighted by molar-refractivity contribution is 5.81. The molecule has 3 aromatic heterocycles. The van der Waals surface area contributed by atoms with Crippen molar-refractivity contribution in [1.29, 1.82) is 0 Å². The minimum Gasteiger partial charge on any atom is -0.369 e. The fourth-order valence-corrected chi connectivity index (χ4v) is 4.00. The highest BCUT2D eigenvalue weighted by atomic mass is 16.5. The average molecular weight is 412 g/mol. The first-order valence-corrected chi connectivity index (χ1v) is 10.6. The van der Waals surface area contributed by atoms with Crippen molar-refractivity contribution in [1.82, 2.24) is 19.9 Å². The summed E-state index contributed by atoms with van der Waals surface area (Å²) in [6.07, 6.45) is 3.65. The Labute approximate surface area is 181 Å². The monoisotopic (exact) mass is 411 g/mol. The number of anilines is 2. The molecule has 0 saturated carbocycles. The third-order valence-electron chi connectivity index (χ3n) is 5.56. The second-order valence-electron chi connectivity index (χ2n) is 7.84. The van der Waals surface area contributed by atoms with E-state index in [1.165, 1.54) is 10.9 Å². The van der Waals surface area contributed by atoms with E-state index in [1.807, 2.05) is 55.7 Å². The van der Waals surface area contributed by atoms with Gasteiger partial charge in [0.2, 0.25) is 0 Å². The van der Waals surface area contributed by atoms with Gasteiger partial charge in [-0.1, -0.05) is 24.3 Å². The Hall–Kier alpha value is -3.35. The van der Waals surface area contributed by atoms with Crippen LogP contribution in [0.3, 0.4) is 0 Å². The Bertz CT molecular complexity index is 1170. The van der Waals surface area contributed by atoms with E-state index in [0.717, 1.165) is 48.0 Å². The van der Waals surface area contributed by atoms with Crippen LogP contribution >= 0.6 is 0 Å². The lowest BCUT2D eigenvalue weighted by Crippen LogP contribution is -2.38. The smallest absolute Gasteiger partial charge is 0.130 e. The standard InChI is InChI=1S/C25H25N5O/c1-18-5-2-9-25(28-18)29-20-10-11-23(27-15-20)24-17-30(13-14-31-24)16-19-6-3-8-22-21(19)7-4-12-26-22/h2-12,15,24H,13-14,16-17H2,1H3,(H,28,29)/t24-/m1/s1. The molecule has 1 aliphatic heterocycles. The molecule has 5 rings (SSSR count). The lowest BCUT2D eigenvalue weighted by Gasteiger charge is -2.33. The molecular formula is C25H25N5O. The molecule has 1 N–H and O–H groups in total. The average Bonchev–Trinajstić information content (AvgIpc) is 2.80. The Morgan fingerprint density at radius 2 is 1.97 bits per heavy atom. The van der Waals surface area contributed by atoms with Gasteiger partial charge in [-0.15, -0.1) is 0 Å². The van der Waals surface area contributed by atoms with Crippen molar-refractivity contribution in [2.24, 2.45) is 0 Å². The van der Waals surface area contributed by atoms with Crippen molar-refractivity contribution in [2.45, 2.75) is 19.6 Å². The minimum atomic E-state index is -0.0343. The lowest BCUT2D eigenvalue weighted by atomic mass is 10.1. The van der Waals surface area contributed by atoms with E-state index in [9.17, 15) is 0 Å². The number of benzene rings is 1. The van der Waals surface area contributed by atoms with Crippen LogP contribution in [0.15, 0.2) is 73.1 Å². The molecule has 0 radical (unpaired) electrons. The van der Waals surface area contributed by atoms with Gasteiger partial charge in [0.15, 0.2) is 0 Å². The number of morpholine rings is 1. The van der Waals surface area contributed by atoms with Crippen LogP contribution in [0, 0.1) is 6.92 Å². The van der Waals surface area contributed by atoms with Crippen LogP contribution in [0.25, 0.3) is 10.9 Å². The van der Waals surface area contributed by atoms with E-state index in [-0.39, 0.29) is 6.10 Å². The summed E-state index contributed by atoms with van der Waals surface area (Å²) in [5.41, 5.74) is 5.18. The largest absolute Gasteiger partial charge is 0.369 e. The van der Waals surface area contributed by atoms with Gasteiger partial charge in [-0.05, 0) is 48.9 Å².